The average molecular weight is 341 g/mol. The molecular weight excluding hydrogens is 331 g/mol. The van der Waals surface area contributed by atoms with Crippen LogP contribution in [0.15, 0.2) is 42.7 Å². The number of para-hydroxylation sites is 2. The van der Waals surface area contributed by atoms with Crippen molar-refractivity contribution in [1.29, 1.82) is 5.26 Å². The Hall–Kier alpha value is -3.34. The summed E-state index contributed by atoms with van der Waals surface area (Å²) in [6.07, 6.45) is -1.59. The number of hydrogen-bond donors (Lipinski definition) is 0. The lowest BCUT2D eigenvalue weighted by Gasteiger charge is -2.15. The van der Waals surface area contributed by atoms with Gasteiger partial charge >= 0.3 is 6.18 Å². The van der Waals surface area contributed by atoms with Crippen molar-refractivity contribution in [3.63, 3.8) is 0 Å². The van der Waals surface area contributed by atoms with Crippen molar-refractivity contribution in [2.45, 2.75) is 13.1 Å². The number of benzene rings is 1. The first-order chi connectivity index (χ1) is 11.9. The number of fused-ring (bicyclic) bond motifs is 3. The second-order valence-corrected chi connectivity index (χ2v) is 5.50. The van der Waals surface area contributed by atoms with Crippen molar-refractivity contribution in [3.05, 3.63) is 59.7 Å². The van der Waals surface area contributed by atoms with Crippen LogP contribution in [-0.4, -0.2) is 18.9 Å². The summed E-state index contributed by atoms with van der Waals surface area (Å²) in [7, 11) is 0. The van der Waals surface area contributed by atoms with Crippen LogP contribution in [0.25, 0.3) is 22.5 Å². The molecule has 4 aromatic rings. The predicted molar refractivity (Wildman–Crippen MR) is 84.3 cm³/mol. The zero-order chi connectivity index (χ0) is 17.8. The fourth-order valence-electron chi connectivity index (χ4n) is 2.94. The summed E-state index contributed by atoms with van der Waals surface area (Å²) >= 11 is 0. The van der Waals surface area contributed by atoms with Crippen molar-refractivity contribution in [2.24, 2.45) is 0 Å². The number of alkyl halides is 3. The van der Waals surface area contributed by atoms with Crippen molar-refractivity contribution in [1.82, 2.24) is 18.9 Å². The normalized spacial score (nSPS) is 12.0. The van der Waals surface area contributed by atoms with Crippen LogP contribution in [-0.2, 0) is 6.18 Å². The molecule has 5 nitrogen and oxygen atoms in total. The lowest BCUT2D eigenvalue weighted by atomic mass is 10.1. The molecule has 1 aromatic carbocycles. The summed E-state index contributed by atoms with van der Waals surface area (Å²) in [6.45, 7) is 1.69. The summed E-state index contributed by atoms with van der Waals surface area (Å²) in [5.74, 6) is 0.752. The molecule has 0 radical (unpaired) electrons. The van der Waals surface area contributed by atoms with Gasteiger partial charge in [0.25, 0.3) is 0 Å². The number of hydrogen-bond acceptors (Lipinski definition) is 3. The molecule has 0 fully saturated rings. The van der Waals surface area contributed by atoms with E-state index < -0.39 is 17.3 Å². The number of halogens is 3. The largest absolute Gasteiger partial charge is 0.417 e. The lowest BCUT2D eigenvalue weighted by Crippen LogP contribution is -2.13. The predicted octanol–water partition coefficient (Wildman–Crippen LogP) is 3.87. The summed E-state index contributed by atoms with van der Waals surface area (Å²) in [5, 5.41) is 9.36. The highest BCUT2D eigenvalue weighted by atomic mass is 19.4. The van der Waals surface area contributed by atoms with Gasteiger partial charge in [-0.2, -0.15) is 18.4 Å². The Morgan fingerprint density at radius 2 is 1.96 bits per heavy atom. The standard InChI is InChI=1S/C17H10F3N5/c1-10-22-6-7-24(10)15-8-12(17(18,19)20)11(9-21)16-23-13-4-2-3-5-14(13)25(15)16/h2-8H,1H3. The number of imidazole rings is 2. The Morgan fingerprint density at radius 1 is 1.20 bits per heavy atom. The topological polar surface area (TPSA) is 58.9 Å². The van der Waals surface area contributed by atoms with Gasteiger partial charge in [0.05, 0.1) is 16.6 Å². The van der Waals surface area contributed by atoms with Gasteiger partial charge < -0.3 is 0 Å². The van der Waals surface area contributed by atoms with Crippen LogP contribution in [0.1, 0.15) is 17.0 Å². The Balaban J connectivity index is 2.27. The van der Waals surface area contributed by atoms with E-state index in [9.17, 15) is 18.4 Å². The maximum atomic E-state index is 13.5. The Morgan fingerprint density at radius 3 is 2.60 bits per heavy atom. The molecule has 0 spiro atoms. The number of nitriles is 1. The van der Waals surface area contributed by atoms with E-state index >= 15 is 0 Å². The van der Waals surface area contributed by atoms with Gasteiger partial charge in [0.1, 0.15) is 23.3 Å². The van der Waals surface area contributed by atoms with E-state index in [1.807, 2.05) is 0 Å². The highest BCUT2D eigenvalue weighted by Crippen LogP contribution is 2.36. The highest BCUT2D eigenvalue weighted by molar-refractivity contribution is 5.84. The molecule has 3 aromatic heterocycles. The quantitative estimate of drug-likeness (QED) is 0.528. The first-order valence-electron chi connectivity index (χ1n) is 7.33. The minimum atomic E-state index is -4.67. The van der Waals surface area contributed by atoms with Gasteiger partial charge in [-0.3, -0.25) is 8.97 Å². The first kappa shape index (κ1) is 15.2. The molecule has 8 heteroatoms. The lowest BCUT2D eigenvalue weighted by molar-refractivity contribution is -0.137. The van der Waals surface area contributed by atoms with Crippen molar-refractivity contribution >= 4 is 16.7 Å². The minimum absolute atomic E-state index is 0.0263. The molecule has 0 aliphatic carbocycles. The second kappa shape index (κ2) is 5.08. The summed E-state index contributed by atoms with van der Waals surface area (Å²) in [6, 6.07) is 9.59. The van der Waals surface area contributed by atoms with Gasteiger partial charge in [-0.1, -0.05) is 12.1 Å². The van der Waals surface area contributed by atoms with Gasteiger partial charge in [-0.05, 0) is 25.1 Å². The number of aryl methyl sites for hydroxylation is 1. The zero-order valence-corrected chi connectivity index (χ0v) is 12.9. The smallest absolute Gasteiger partial charge is 0.289 e. The van der Waals surface area contributed by atoms with Crippen LogP contribution in [0.3, 0.4) is 0 Å². The third-order valence-corrected chi connectivity index (χ3v) is 4.05. The number of pyridine rings is 1. The molecule has 3 heterocycles. The van der Waals surface area contributed by atoms with Crippen LogP contribution in [0.4, 0.5) is 13.2 Å². The van der Waals surface area contributed by atoms with E-state index in [0.717, 1.165) is 6.07 Å². The van der Waals surface area contributed by atoms with Gasteiger partial charge in [0.15, 0.2) is 5.65 Å². The fourth-order valence-corrected chi connectivity index (χ4v) is 2.94. The van der Waals surface area contributed by atoms with Crippen molar-refractivity contribution in [3.8, 4) is 11.9 Å². The molecule has 0 saturated carbocycles. The van der Waals surface area contributed by atoms with Crippen LogP contribution < -0.4 is 0 Å². The Labute approximate surface area is 139 Å². The van der Waals surface area contributed by atoms with Crippen LogP contribution in [0, 0.1) is 18.3 Å². The van der Waals surface area contributed by atoms with E-state index in [0.29, 0.717) is 16.9 Å². The van der Waals surface area contributed by atoms with Crippen molar-refractivity contribution < 1.29 is 13.2 Å². The van der Waals surface area contributed by atoms with Gasteiger partial charge in [0, 0.05) is 12.4 Å². The molecule has 0 aliphatic heterocycles. The third kappa shape index (κ3) is 2.16. The third-order valence-electron chi connectivity index (χ3n) is 4.05. The average Bonchev–Trinajstić information content (AvgIpc) is 3.16. The van der Waals surface area contributed by atoms with E-state index in [4.69, 9.17) is 0 Å². The zero-order valence-electron chi connectivity index (χ0n) is 12.9. The second-order valence-electron chi connectivity index (χ2n) is 5.50. The molecule has 0 atom stereocenters. The van der Waals surface area contributed by atoms with E-state index in [-0.39, 0.29) is 11.5 Å². The van der Waals surface area contributed by atoms with Crippen LogP contribution >= 0.6 is 0 Å². The summed E-state index contributed by atoms with van der Waals surface area (Å²) in [4.78, 5) is 8.35. The summed E-state index contributed by atoms with van der Waals surface area (Å²) in [5.41, 5.74) is -0.407. The summed E-state index contributed by atoms with van der Waals surface area (Å²) < 4.78 is 43.7. The number of rotatable bonds is 1. The number of nitrogens with zero attached hydrogens (tertiary/aromatic N) is 5. The molecule has 0 aliphatic rings. The van der Waals surface area contributed by atoms with E-state index in [1.165, 1.54) is 10.8 Å². The molecule has 4 rings (SSSR count). The molecule has 0 amide bonds. The van der Waals surface area contributed by atoms with E-state index in [2.05, 4.69) is 9.97 Å². The monoisotopic (exact) mass is 341 g/mol. The van der Waals surface area contributed by atoms with Gasteiger partial charge in [-0.15, -0.1) is 0 Å². The molecular formula is C17H10F3N5. The highest BCUT2D eigenvalue weighted by Gasteiger charge is 2.36. The molecule has 124 valence electrons. The van der Waals surface area contributed by atoms with Crippen molar-refractivity contribution in [2.75, 3.05) is 0 Å². The Kier molecular flexibility index (Phi) is 3.09. The maximum Gasteiger partial charge on any atom is 0.417 e. The maximum absolute atomic E-state index is 13.5. The first-order valence-corrected chi connectivity index (χ1v) is 7.33. The molecule has 25 heavy (non-hydrogen) atoms. The molecule has 0 saturated heterocycles. The number of aromatic nitrogens is 4. The fraction of sp³-hybridized carbons (Fsp3) is 0.118. The van der Waals surface area contributed by atoms with Crippen LogP contribution in [0.5, 0.6) is 0 Å². The van der Waals surface area contributed by atoms with Crippen LogP contribution in [0.2, 0.25) is 0 Å². The molecule has 0 N–H and O–H groups in total. The van der Waals surface area contributed by atoms with Gasteiger partial charge in [-0.25, -0.2) is 9.97 Å². The molecule has 0 bridgehead atoms. The van der Waals surface area contributed by atoms with E-state index in [1.54, 1.807) is 47.9 Å². The SMILES string of the molecule is Cc1nccn1-c1cc(C(F)(F)F)c(C#N)c2nc3ccccc3n12. The minimum Gasteiger partial charge on any atom is -0.289 e. The Bertz CT molecular complexity index is 1160. The van der Waals surface area contributed by atoms with Gasteiger partial charge in [0.2, 0.25) is 0 Å². The molecule has 0 unspecified atom stereocenters.